The lowest BCUT2D eigenvalue weighted by atomic mass is 10.4. The molecule has 0 aliphatic rings. The molecule has 0 radical (unpaired) electrons. The maximum absolute atomic E-state index is 13.7. The lowest BCUT2D eigenvalue weighted by molar-refractivity contribution is 0.551. The molecule has 0 aliphatic carbocycles. The SMILES string of the molecule is CCCNc1nc(Sc2nnc(SC)s2)c(F)cc1F. The number of thioether (sulfide) groups is 1. The van der Waals surface area contributed by atoms with E-state index in [1.165, 1.54) is 23.1 Å². The van der Waals surface area contributed by atoms with E-state index in [9.17, 15) is 8.78 Å². The molecule has 1 N–H and O–H groups in total. The van der Waals surface area contributed by atoms with E-state index >= 15 is 0 Å². The quantitative estimate of drug-likeness (QED) is 0.809. The standard InChI is InChI=1S/C11H12F2N4S3/c1-3-4-14-8-6(12)5-7(13)9(15-8)19-11-17-16-10(18-2)20-11/h5H,3-4H2,1-2H3,(H,14,15). The highest BCUT2D eigenvalue weighted by Crippen LogP contribution is 2.34. The molecular weight excluding hydrogens is 322 g/mol. The van der Waals surface area contributed by atoms with Gasteiger partial charge in [-0.25, -0.2) is 13.8 Å². The Morgan fingerprint density at radius 2 is 2.00 bits per heavy atom. The third kappa shape index (κ3) is 3.80. The monoisotopic (exact) mass is 334 g/mol. The van der Waals surface area contributed by atoms with E-state index in [4.69, 9.17) is 0 Å². The third-order valence-electron chi connectivity index (χ3n) is 2.19. The summed E-state index contributed by atoms with van der Waals surface area (Å²) in [6, 6.07) is 0.837. The van der Waals surface area contributed by atoms with Crippen LogP contribution in [0.4, 0.5) is 14.6 Å². The van der Waals surface area contributed by atoms with Crippen LogP contribution < -0.4 is 5.32 Å². The van der Waals surface area contributed by atoms with E-state index in [0.29, 0.717) is 10.9 Å². The van der Waals surface area contributed by atoms with Gasteiger partial charge >= 0.3 is 0 Å². The van der Waals surface area contributed by atoms with Gasteiger partial charge < -0.3 is 5.32 Å². The highest BCUT2D eigenvalue weighted by molar-refractivity contribution is 8.02. The van der Waals surface area contributed by atoms with Gasteiger partial charge in [0, 0.05) is 12.6 Å². The van der Waals surface area contributed by atoms with Gasteiger partial charge in [-0.3, -0.25) is 0 Å². The van der Waals surface area contributed by atoms with Gasteiger partial charge in [0.15, 0.2) is 26.1 Å². The number of hydrogen-bond donors (Lipinski definition) is 1. The van der Waals surface area contributed by atoms with Crippen molar-refractivity contribution in [3.05, 3.63) is 17.7 Å². The summed E-state index contributed by atoms with van der Waals surface area (Å²) in [7, 11) is 0. The Morgan fingerprint density at radius 3 is 2.65 bits per heavy atom. The maximum Gasteiger partial charge on any atom is 0.181 e. The zero-order chi connectivity index (χ0) is 14.5. The van der Waals surface area contributed by atoms with Crippen LogP contribution in [0, 0.1) is 11.6 Å². The van der Waals surface area contributed by atoms with Crippen LogP contribution in [0.3, 0.4) is 0 Å². The average molecular weight is 334 g/mol. The van der Waals surface area contributed by atoms with Gasteiger partial charge in [0.2, 0.25) is 0 Å². The van der Waals surface area contributed by atoms with Crippen molar-refractivity contribution < 1.29 is 8.78 Å². The van der Waals surface area contributed by atoms with E-state index in [-0.39, 0.29) is 10.8 Å². The summed E-state index contributed by atoms with van der Waals surface area (Å²) in [4.78, 5) is 3.97. The Bertz CT molecular complexity index is 591. The van der Waals surface area contributed by atoms with Crippen LogP contribution in [0.15, 0.2) is 19.8 Å². The molecule has 0 atom stereocenters. The summed E-state index contributed by atoms with van der Waals surface area (Å²) in [5, 5.41) is 10.8. The fourth-order valence-corrected chi connectivity index (χ4v) is 3.64. The highest BCUT2D eigenvalue weighted by Gasteiger charge is 2.15. The first-order valence-corrected chi connectivity index (χ1v) is 8.65. The van der Waals surface area contributed by atoms with Crippen molar-refractivity contribution in [1.82, 2.24) is 15.2 Å². The zero-order valence-corrected chi connectivity index (χ0v) is 13.3. The fourth-order valence-electron chi connectivity index (χ4n) is 1.29. The molecule has 2 rings (SSSR count). The van der Waals surface area contributed by atoms with E-state index in [1.807, 2.05) is 13.2 Å². The number of anilines is 1. The van der Waals surface area contributed by atoms with E-state index in [0.717, 1.165) is 28.6 Å². The first kappa shape index (κ1) is 15.5. The van der Waals surface area contributed by atoms with Gasteiger partial charge in [0.1, 0.15) is 5.03 Å². The molecule has 0 bridgehead atoms. The van der Waals surface area contributed by atoms with Crippen LogP contribution in [0.1, 0.15) is 13.3 Å². The molecule has 0 saturated heterocycles. The van der Waals surface area contributed by atoms with Crippen molar-refractivity contribution in [2.24, 2.45) is 0 Å². The normalized spacial score (nSPS) is 10.8. The molecule has 108 valence electrons. The van der Waals surface area contributed by atoms with Gasteiger partial charge in [0.25, 0.3) is 0 Å². The van der Waals surface area contributed by atoms with E-state index < -0.39 is 11.6 Å². The molecule has 0 fully saturated rings. The van der Waals surface area contributed by atoms with Gasteiger partial charge in [-0.15, -0.1) is 10.2 Å². The third-order valence-corrected chi connectivity index (χ3v) is 5.12. The molecule has 0 aliphatic heterocycles. The second-order valence-corrected chi connectivity index (χ2v) is 6.94. The highest BCUT2D eigenvalue weighted by atomic mass is 32.2. The molecule has 0 aromatic carbocycles. The lowest BCUT2D eigenvalue weighted by Crippen LogP contribution is -2.06. The Morgan fingerprint density at radius 1 is 1.25 bits per heavy atom. The molecule has 0 saturated carbocycles. The van der Waals surface area contributed by atoms with Crippen LogP contribution in [0.2, 0.25) is 0 Å². The van der Waals surface area contributed by atoms with Gasteiger partial charge in [-0.2, -0.15) is 0 Å². The summed E-state index contributed by atoms with van der Waals surface area (Å²) in [5.74, 6) is -1.33. The lowest BCUT2D eigenvalue weighted by Gasteiger charge is -2.07. The number of rotatable bonds is 6. The fraction of sp³-hybridized carbons (Fsp3) is 0.364. The summed E-state index contributed by atoms with van der Waals surface area (Å²) in [6.07, 6.45) is 2.72. The van der Waals surface area contributed by atoms with Crippen molar-refractivity contribution in [3.63, 3.8) is 0 Å². The molecular formula is C11H12F2N4S3. The number of pyridine rings is 1. The number of hydrogen-bond acceptors (Lipinski definition) is 7. The molecule has 0 unspecified atom stereocenters. The zero-order valence-electron chi connectivity index (χ0n) is 10.8. The molecule has 20 heavy (non-hydrogen) atoms. The molecule has 2 aromatic rings. The first-order chi connectivity index (χ1) is 9.63. The van der Waals surface area contributed by atoms with Crippen molar-refractivity contribution in [3.8, 4) is 0 Å². The van der Waals surface area contributed by atoms with E-state index in [1.54, 1.807) is 0 Å². The van der Waals surface area contributed by atoms with Gasteiger partial charge in [0.05, 0.1) is 0 Å². The number of aromatic nitrogens is 3. The molecule has 4 nitrogen and oxygen atoms in total. The molecule has 2 aromatic heterocycles. The van der Waals surface area contributed by atoms with Crippen LogP contribution in [-0.2, 0) is 0 Å². The Balaban J connectivity index is 2.21. The predicted octanol–water partition coefficient (Wildman–Crippen LogP) is 3.91. The van der Waals surface area contributed by atoms with Gasteiger partial charge in [-0.1, -0.05) is 30.0 Å². The Hall–Kier alpha value is -0.930. The summed E-state index contributed by atoms with van der Waals surface area (Å²) in [5.41, 5.74) is 0. The maximum atomic E-state index is 13.7. The summed E-state index contributed by atoms with van der Waals surface area (Å²) >= 11 is 3.86. The summed E-state index contributed by atoms with van der Waals surface area (Å²) in [6.45, 7) is 2.53. The van der Waals surface area contributed by atoms with Crippen LogP contribution in [-0.4, -0.2) is 28.0 Å². The predicted molar refractivity (Wildman–Crippen MR) is 78.7 cm³/mol. The van der Waals surface area contributed by atoms with Crippen molar-refractivity contribution in [2.75, 3.05) is 18.1 Å². The molecule has 2 heterocycles. The second-order valence-electron chi connectivity index (χ2n) is 3.67. The second kappa shape index (κ2) is 7.19. The minimum atomic E-state index is -0.699. The number of nitrogens with one attached hydrogen (secondary N) is 1. The van der Waals surface area contributed by atoms with Gasteiger partial charge in [-0.05, 0) is 24.4 Å². The van der Waals surface area contributed by atoms with E-state index in [2.05, 4.69) is 20.5 Å². The smallest absolute Gasteiger partial charge is 0.181 e. The van der Waals surface area contributed by atoms with Crippen molar-refractivity contribution >= 4 is 40.7 Å². The average Bonchev–Trinajstić information content (AvgIpc) is 2.88. The van der Waals surface area contributed by atoms with Crippen LogP contribution >= 0.6 is 34.9 Å². The Kier molecular flexibility index (Phi) is 5.55. The van der Waals surface area contributed by atoms with Crippen LogP contribution in [0.5, 0.6) is 0 Å². The molecule has 0 spiro atoms. The number of halogens is 2. The minimum absolute atomic E-state index is 0.0605. The molecule has 0 amide bonds. The van der Waals surface area contributed by atoms with Crippen molar-refractivity contribution in [2.45, 2.75) is 27.0 Å². The first-order valence-electron chi connectivity index (χ1n) is 5.79. The van der Waals surface area contributed by atoms with Crippen molar-refractivity contribution in [1.29, 1.82) is 0 Å². The number of nitrogens with zero attached hydrogens (tertiary/aromatic N) is 3. The Labute approximate surface area is 127 Å². The summed E-state index contributed by atoms with van der Waals surface area (Å²) < 4.78 is 28.6. The molecule has 9 heteroatoms. The topological polar surface area (TPSA) is 50.7 Å². The van der Waals surface area contributed by atoms with Crippen LogP contribution in [0.25, 0.3) is 0 Å². The largest absolute Gasteiger partial charge is 0.368 e. The minimum Gasteiger partial charge on any atom is -0.368 e.